The molecule has 0 aliphatic heterocycles. The highest BCUT2D eigenvalue weighted by Crippen LogP contribution is 1.90. The van der Waals surface area contributed by atoms with Gasteiger partial charge in [0.2, 0.25) is 0 Å². The third kappa shape index (κ3) is 4.80. The van der Waals surface area contributed by atoms with Crippen molar-refractivity contribution in [2.75, 3.05) is 25.1 Å². The molecule has 0 aliphatic carbocycles. The number of alkyl halides is 1. The van der Waals surface area contributed by atoms with Crippen molar-refractivity contribution in [3.63, 3.8) is 0 Å². The highest BCUT2D eigenvalue weighted by Gasteiger charge is 1.90. The number of hydrogen-bond donors (Lipinski definition) is 0. The van der Waals surface area contributed by atoms with Gasteiger partial charge < -0.3 is 4.84 Å². The average Bonchev–Trinajstić information content (AvgIpc) is 1.83. The van der Waals surface area contributed by atoms with Crippen molar-refractivity contribution in [2.24, 2.45) is 0 Å². The summed E-state index contributed by atoms with van der Waals surface area (Å²) in [6.07, 6.45) is 1.20. The SMILES string of the molecule is CON(C)CCCI. The van der Waals surface area contributed by atoms with Gasteiger partial charge in [0.05, 0.1) is 7.11 Å². The molecule has 0 aromatic carbocycles. The molecule has 0 bridgehead atoms. The predicted octanol–water partition coefficient (Wildman–Crippen LogP) is 1.30. The van der Waals surface area contributed by atoms with Crippen LogP contribution in [0.5, 0.6) is 0 Å². The van der Waals surface area contributed by atoms with Gasteiger partial charge in [-0.05, 0) is 6.42 Å². The van der Waals surface area contributed by atoms with E-state index in [1.54, 1.807) is 7.11 Å². The molecule has 0 spiro atoms. The molecule has 8 heavy (non-hydrogen) atoms. The van der Waals surface area contributed by atoms with Gasteiger partial charge in [-0.3, -0.25) is 0 Å². The van der Waals surface area contributed by atoms with Crippen LogP contribution >= 0.6 is 22.6 Å². The summed E-state index contributed by atoms with van der Waals surface area (Å²) in [4.78, 5) is 4.88. The lowest BCUT2D eigenvalue weighted by molar-refractivity contribution is -0.108. The molecule has 0 fully saturated rings. The summed E-state index contributed by atoms with van der Waals surface area (Å²) >= 11 is 2.35. The van der Waals surface area contributed by atoms with Crippen molar-refractivity contribution in [3.8, 4) is 0 Å². The number of halogens is 1. The van der Waals surface area contributed by atoms with E-state index in [1.807, 2.05) is 12.1 Å². The van der Waals surface area contributed by atoms with E-state index in [2.05, 4.69) is 22.6 Å². The molecule has 0 amide bonds. The number of rotatable bonds is 4. The predicted molar refractivity (Wildman–Crippen MR) is 43.1 cm³/mol. The Balaban J connectivity index is 2.86. The third-order valence-corrected chi connectivity index (χ3v) is 1.68. The molecule has 0 aromatic heterocycles. The molecule has 0 saturated carbocycles. The van der Waals surface area contributed by atoms with E-state index in [4.69, 9.17) is 4.84 Å². The second-order valence-electron chi connectivity index (χ2n) is 1.58. The molecule has 3 heteroatoms. The maximum absolute atomic E-state index is 4.88. The van der Waals surface area contributed by atoms with Gasteiger partial charge >= 0.3 is 0 Å². The van der Waals surface area contributed by atoms with Gasteiger partial charge in [0.25, 0.3) is 0 Å². The van der Waals surface area contributed by atoms with Crippen LogP contribution in [0, 0.1) is 0 Å². The van der Waals surface area contributed by atoms with Gasteiger partial charge in [-0.15, -0.1) is 0 Å². The maximum atomic E-state index is 4.88. The summed E-state index contributed by atoms with van der Waals surface area (Å²) in [6.45, 7) is 1.03. The molecule has 0 rings (SSSR count). The Kier molecular flexibility index (Phi) is 6.25. The first-order valence-corrected chi connectivity index (χ1v) is 4.15. The van der Waals surface area contributed by atoms with Crippen molar-refractivity contribution in [3.05, 3.63) is 0 Å². The van der Waals surface area contributed by atoms with Crippen molar-refractivity contribution >= 4 is 22.6 Å². The van der Waals surface area contributed by atoms with E-state index in [9.17, 15) is 0 Å². The van der Waals surface area contributed by atoms with Crippen molar-refractivity contribution in [2.45, 2.75) is 6.42 Å². The highest BCUT2D eigenvalue weighted by molar-refractivity contribution is 14.1. The van der Waals surface area contributed by atoms with Crippen LogP contribution in [-0.2, 0) is 4.84 Å². The summed E-state index contributed by atoms with van der Waals surface area (Å²) in [6, 6.07) is 0. The van der Waals surface area contributed by atoms with Crippen LogP contribution in [-0.4, -0.2) is 30.2 Å². The summed E-state index contributed by atoms with van der Waals surface area (Å²) < 4.78 is 1.20. The van der Waals surface area contributed by atoms with E-state index >= 15 is 0 Å². The summed E-state index contributed by atoms with van der Waals surface area (Å²) in [5.74, 6) is 0. The molecule has 0 unspecified atom stereocenters. The van der Waals surface area contributed by atoms with E-state index in [-0.39, 0.29) is 0 Å². The summed E-state index contributed by atoms with van der Waals surface area (Å²) in [7, 11) is 3.62. The molecule has 0 aliphatic rings. The topological polar surface area (TPSA) is 12.5 Å². The minimum absolute atomic E-state index is 1.03. The normalized spacial score (nSPS) is 10.5. The minimum Gasteiger partial charge on any atom is -0.303 e. The van der Waals surface area contributed by atoms with E-state index in [0.717, 1.165) is 6.54 Å². The summed E-state index contributed by atoms with van der Waals surface area (Å²) in [5.41, 5.74) is 0. The van der Waals surface area contributed by atoms with Gasteiger partial charge in [0.1, 0.15) is 0 Å². The smallest absolute Gasteiger partial charge is 0.0575 e. The number of nitrogens with zero attached hydrogens (tertiary/aromatic N) is 1. The van der Waals surface area contributed by atoms with Gasteiger partial charge in [-0.2, -0.15) is 5.06 Å². The van der Waals surface area contributed by atoms with Gasteiger partial charge in [0, 0.05) is 18.0 Å². The zero-order valence-corrected chi connectivity index (χ0v) is 7.51. The average molecular weight is 229 g/mol. The largest absolute Gasteiger partial charge is 0.303 e. The zero-order valence-electron chi connectivity index (χ0n) is 5.35. The van der Waals surface area contributed by atoms with E-state index < -0.39 is 0 Å². The fraction of sp³-hybridized carbons (Fsp3) is 1.00. The Morgan fingerprint density at radius 1 is 1.62 bits per heavy atom. The Morgan fingerprint density at radius 2 is 2.25 bits per heavy atom. The van der Waals surface area contributed by atoms with E-state index in [1.165, 1.54) is 10.8 Å². The fourth-order valence-corrected chi connectivity index (χ4v) is 0.715. The molecular weight excluding hydrogens is 217 g/mol. The van der Waals surface area contributed by atoms with E-state index in [0.29, 0.717) is 0 Å². The highest BCUT2D eigenvalue weighted by atomic mass is 127. The lowest BCUT2D eigenvalue weighted by Crippen LogP contribution is -2.17. The van der Waals surface area contributed by atoms with Gasteiger partial charge in [0.15, 0.2) is 0 Å². The molecule has 0 N–H and O–H groups in total. The molecule has 0 heterocycles. The summed E-state index contributed by atoms with van der Waals surface area (Å²) in [5, 5.41) is 1.83. The van der Waals surface area contributed by atoms with Gasteiger partial charge in [-0.1, -0.05) is 22.6 Å². The fourth-order valence-electron chi connectivity index (χ4n) is 0.374. The quantitative estimate of drug-likeness (QED) is 0.409. The van der Waals surface area contributed by atoms with Crippen LogP contribution < -0.4 is 0 Å². The van der Waals surface area contributed by atoms with Crippen molar-refractivity contribution in [1.29, 1.82) is 0 Å². The Labute approximate surface area is 64.3 Å². The Bertz CT molecular complexity index is 51.7. The number of hydrogen-bond acceptors (Lipinski definition) is 2. The van der Waals surface area contributed by atoms with Gasteiger partial charge in [-0.25, -0.2) is 0 Å². The molecule has 50 valence electrons. The first-order chi connectivity index (χ1) is 3.81. The lowest BCUT2D eigenvalue weighted by atomic mass is 10.5. The molecule has 0 atom stereocenters. The van der Waals surface area contributed by atoms with Crippen molar-refractivity contribution in [1.82, 2.24) is 5.06 Å². The minimum atomic E-state index is 1.03. The Morgan fingerprint density at radius 3 is 2.62 bits per heavy atom. The zero-order chi connectivity index (χ0) is 6.41. The van der Waals surface area contributed by atoms with Crippen LogP contribution in [0.25, 0.3) is 0 Å². The lowest BCUT2D eigenvalue weighted by Gasteiger charge is -2.10. The molecule has 0 aromatic rings. The van der Waals surface area contributed by atoms with Crippen LogP contribution in [0.15, 0.2) is 0 Å². The first kappa shape index (κ1) is 8.65. The maximum Gasteiger partial charge on any atom is 0.0575 e. The monoisotopic (exact) mass is 229 g/mol. The van der Waals surface area contributed by atoms with Crippen molar-refractivity contribution < 1.29 is 4.84 Å². The van der Waals surface area contributed by atoms with Crippen LogP contribution in [0.4, 0.5) is 0 Å². The molecule has 0 radical (unpaired) electrons. The molecule has 2 nitrogen and oxygen atoms in total. The molecule has 0 saturated heterocycles. The van der Waals surface area contributed by atoms with Crippen LogP contribution in [0.3, 0.4) is 0 Å². The first-order valence-electron chi connectivity index (χ1n) is 2.62. The van der Waals surface area contributed by atoms with Crippen LogP contribution in [0.1, 0.15) is 6.42 Å². The standard InChI is InChI=1S/C5H12INO/c1-7(8-2)5-3-4-6/h3-5H2,1-2H3. The third-order valence-electron chi connectivity index (χ3n) is 0.918. The Hall–Kier alpha value is 0.650. The van der Waals surface area contributed by atoms with Crippen LogP contribution in [0.2, 0.25) is 0 Å². The molecular formula is C5H12INO. The number of hydroxylamine groups is 2. The second-order valence-corrected chi connectivity index (χ2v) is 2.66. The second kappa shape index (κ2) is 5.78.